The lowest BCUT2D eigenvalue weighted by molar-refractivity contribution is 0.1000. The molecular weight excluding hydrogens is 451 g/mol. The molecule has 1 aliphatic carbocycles. The molecular formula is C22H26F3N7O2. The Labute approximate surface area is 193 Å². The molecule has 1 amide bonds. The number of rotatable bonds is 10. The van der Waals surface area contributed by atoms with Crippen LogP contribution in [0.2, 0.25) is 0 Å². The standard InChI is InChI=1S/C22H26F3N7O2/c1-10(26)18(11-3-4-11)29-21-15(23)8-14(19(27)33)20(30-21)28-12-5-6-16-13(7-12)22(34-2)31-32(16)9-17(24)25/h5-8,10-11,17-18H,3-4,9,26H2,1-2H3,(H2,27,33)(H2,28,29,30)/t10-,18-/m0/s1. The van der Waals surface area contributed by atoms with E-state index in [0.29, 0.717) is 22.5 Å². The lowest BCUT2D eigenvalue weighted by Gasteiger charge is -2.23. The first-order valence-corrected chi connectivity index (χ1v) is 10.8. The summed E-state index contributed by atoms with van der Waals surface area (Å²) in [6, 6.07) is 5.41. The van der Waals surface area contributed by atoms with Gasteiger partial charge in [-0.3, -0.25) is 9.48 Å². The number of hydrogen-bond donors (Lipinski definition) is 4. The maximum atomic E-state index is 14.8. The van der Waals surface area contributed by atoms with Gasteiger partial charge in [-0.05, 0) is 49.9 Å². The zero-order valence-electron chi connectivity index (χ0n) is 18.7. The van der Waals surface area contributed by atoms with E-state index in [1.54, 1.807) is 18.2 Å². The van der Waals surface area contributed by atoms with Gasteiger partial charge in [-0.25, -0.2) is 18.2 Å². The Bertz CT molecular complexity index is 1210. The molecule has 34 heavy (non-hydrogen) atoms. The number of ether oxygens (including phenoxy) is 1. The predicted octanol–water partition coefficient (Wildman–Crippen LogP) is 3.22. The molecule has 1 saturated carbocycles. The van der Waals surface area contributed by atoms with E-state index in [0.717, 1.165) is 23.6 Å². The van der Waals surface area contributed by atoms with Crippen molar-refractivity contribution in [2.45, 2.75) is 44.8 Å². The summed E-state index contributed by atoms with van der Waals surface area (Å²) in [5.74, 6) is -1.12. The van der Waals surface area contributed by atoms with Gasteiger partial charge in [-0.1, -0.05) is 0 Å². The van der Waals surface area contributed by atoms with Crippen molar-refractivity contribution in [1.82, 2.24) is 14.8 Å². The molecule has 1 aliphatic rings. The summed E-state index contributed by atoms with van der Waals surface area (Å²) < 4.78 is 46.9. The first-order chi connectivity index (χ1) is 16.2. The van der Waals surface area contributed by atoms with Crippen LogP contribution in [0.15, 0.2) is 24.3 Å². The van der Waals surface area contributed by atoms with Crippen molar-refractivity contribution in [1.29, 1.82) is 0 Å². The van der Waals surface area contributed by atoms with Gasteiger partial charge in [-0.2, -0.15) is 0 Å². The monoisotopic (exact) mass is 477 g/mol. The summed E-state index contributed by atoms with van der Waals surface area (Å²) in [7, 11) is 1.38. The number of halogens is 3. The molecule has 0 unspecified atom stereocenters. The molecule has 0 spiro atoms. The van der Waals surface area contributed by atoms with Crippen molar-refractivity contribution in [3.05, 3.63) is 35.6 Å². The summed E-state index contributed by atoms with van der Waals surface area (Å²) in [6.07, 6.45) is -0.604. The van der Waals surface area contributed by atoms with Crippen LogP contribution in [0.4, 0.5) is 30.5 Å². The van der Waals surface area contributed by atoms with E-state index < -0.39 is 24.7 Å². The number of hydrogen-bond acceptors (Lipinski definition) is 7. The second-order valence-corrected chi connectivity index (χ2v) is 8.39. The first-order valence-electron chi connectivity index (χ1n) is 10.8. The van der Waals surface area contributed by atoms with Gasteiger partial charge in [-0.15, -0.1) is 5.10 Å². The van der Waals surface area contributed by atoms with E-state index >= 15 is 0 Å². The molecule has 0 aliphatic heterocycles. The fourth-order valence-electron chi connectivity index (χ4n) is 3.95. The van der Waals surface area contributed by atoms with Crippen LogP contribution < -0.4 is 26.8 Å². The van der Waals surface area contributed by atoms with Gasteiger partial charge in [0.1, 0.15) is 12.4 Å². The Balaban J connectivity index is 1.70. The van der Waals surface area contributed by atoms with Gasteiger partial charge in [0.15, 0.2) is 11.6 Å². The van der Waals surface area contributed by atoms with Crippen molar-refractivity contribution < 1.29 is 22.7 Å². The van der Waals surface area contributed by atoms with Gasteiger partial charge in [0, 0.05) is 17.8 Å². The van der Waals surface area contributed by atoms with Crippen molar-refractivity contribution in [3.8, 4) is 5.88 Å². The van der Waals surface area contributed by atoms with Crippen LogP contribution in [-0.4, -0.2) is 46.3 Å². The molecule has 2 atom stereocenters. The first kappa shape index (κ1) is 23.6. The highest BCUT2D eigenvalue weighted by Gasteiger charge is 2.34. The molecule has 2 aromatic heterocycles. The smallest absolute Gasteiger partial charge is 0.257 e. The van der Waals surface area contributed by atoms with Crippen molar-refractivity contribution >= 4 is 34.1 Å². The minimum absolute atomic E-state index is 0.0360. The Hall–Kier alpha value is -3.54. The summed E-state index contributed by atoms with van der Waals surface area (Å²) in [6.45, 7) is 1.25. The number of primary amides is 1. The number of nitrogens with zero attached hydrogens (tertiary/aromatic N) is 3. The van der Waals surface area contributed by atoms with E-state index in [1.165, 1.54) is 7.11 Å². The van der Waals surface area contributed by atoms with Crippen LogP contribution in [0.1, 0.15) is 30.1 Å². The molecule has 0 saturated heterocycles. The number of benzene rings is 1. The van der Waals surface area contributed by atoms with Crippen LogP contribution >= 0.6 is 0 Å². The minimum atomic E-state index is -2.59. The number of anilines is 3. The fraction of sp³-hybridized carbons (Fsp3) is 0.409. The molecule has 6 N–H and O–H groups in total. The Morgan fingerprint density at radius 3 is 2.62 bits per heavy atom. The third-order valence-electron chi connectivity index (χ3n) is 5.72. The Kier molecular flexibility index (Phi) is 6.51. The number of aromatic nitrogens is 3. The number of methoxy groups -OCH3 is 1. The molecule has 1 fully saturated rings. The maximum Gasteiger partial charge on any atom is 0.257 e. The number of pyridine rings is 1. The topological polar surface area (TPSA) is 133 Å². The number of carbonyl (C=O) groups is 1. The molecule has 3 aromatic rings. The van der Waals surface area contributed by atoms with E-state index in [4.69, 9.17) is 16.2 Å². The molecule has 4 rings (SSSR count). The molecule has 182 valence electrons. The van der Waals surface area contributed by atoms with Crippen LogP contribution in [0, 0.1) is 11.7 Å². The quantitative estimate of drug-likeness (QED) is 0.352. The Morgan fingerprint density at radius 1 is 1.29 bits per heavy atom. The molecule has 0 bridgehead atoms. The number of carbonyl (C=O) groups excluding carboxylic acids is 1. The normalized spacial score (nSPS) is 15.4. The van der Waals surface area contributed by atoms with Gasteiger partial charge in [0.05, 0.1) is 23.6 Å². The predicted molar refractivity (Wildman–Crippen MR) is 122 cm³/mol. The van der Waals surface area contributed by atoms with Crippen molar-refractivity contribution in [2.75, 3.05) is 17.7 Å². The summed E-state index contributed by atoms with van der Waals surface area (Å²) in [5.41, 5.74) is 12.2. The lowest BCUT2D eigenvalue weighted by Crippen LogP contribution is -2.40. The molecule has 1 aromatic carbocycles. The third kappa shape index (κ3) is 4.86. The molecule has 12 heteroatoms. The van der Waals surface area contributed by atoms with Crippen molar-refractivity contribution in [2.24, 2.45) is 17.4 Å². The highest BCUT2D eigenvalue weighted by molar-refractivity contribution is 5.99. The van der Waals surface area contributed by atoms with E-state index in [2.05, 4.69) is 20.7 Å². The molecule has 0 radical (unpaired) electrons. The number of alkyl halides is 2. The van der Waals surface area contributed by atoms with Gasteiger partial charge in [0.2, 0.25) is 5.88 Å². The second-order valence-electron chi connectivity index (χ2n) is 8.39. The minimum Gasteiger partial charge on any atom is -0.479 e. The number of fused-ring (bicyclic) bond motifs is 1. The molecule has 2 heterocycles. The van der Waals surface area contributed by atoms with Gasteiger partial charge < -0.3 is 26.8 Å². The van der Waals surface area contributed by atoms with Crippen LogP contribution in [0.5, 0.6) is 5.88 Å². The van der Waals surface area contributed by atoms with Crippen LogP contribution in [-0.2, 0) is 6.54 Å². The zero-order chi connectivity index (χ0) is 24.6. The lowest BCUT2D eigenvalue weighted by atomic mass is 10.1. The van der Waals surface area contributed by atoms with E-state index in [-0.39, 0.29) is 35.2 Å². The summed E-state index contributed by atoms with van der Waals surface area (Å²) in [5, 5.41) is 10.6. The summed E-state index contributed by atoms with van der Waals surface area (Å²) in [4.78, 5) is 16.3. The van der Waals surface area contributed by atoms with Crippen LogP contribution in [0.3, 0.4) is 0 Å². The summed E-state index contributed by atoms with van der Waals surface area (Å²) >= 11 is 0. The number of nitrogens with one attached hydrogen (secondary N) is 2. The fourth-order valence-corrected chi connectivity index (χ4v) is 3.95. The average molecular weight is 477 g/mol. The third-order valence-corrected chi connectivity index (χ3v) is 5.72. The second kappa shape index (κ2) is 9.37. The van der Waals surface area contributed by atoms with E-state index in [1.807, 2.05) is 6.92 Å². The highest BCUT2D eigenvalue weighted by atomic mass is 19.3. The highest BCUT2D eigenvalue weighted by Crippen LogP contribution is 2.36. The van der Waals surface area contributed by atoms with Crippen LogP contribution in [0.25, 0.3) is 10.9 Å². The Morgan fingerprint density at radius 2 is 2.03 bits per heavy atom. The molecule has 9 nitrogen and oxygen atoms in total. The largest absolute Gasteiger partial charge is 0.479 e. The maximum absolute atomic E-state index is 14.8. The van der Waals surface area contributed by atoms with Gasteiger partial charge >= 0.3 is 0 Å². The van der Waals surface area contributed by atoms with E-state index in [9.17, 15) is 18.0 Å². The average Bonchev–Trinajstić information content (AvgIpc) is 3.55. The zero-order valence-corrected chi connectivity index (χ0v) is 18.7. The SMILES string of the molecule is COc1nn(CC(F)F)c2ccc(Nc3nc(N[C@H](C4CC4)[C@H](C)N)c(F)cc3C(N)=O)cc12. The number of nitrogens with two attached hydrogens (primary N) is 2. The number of amides is 1. The van der Waals surface area contributed by atoms with Crippen molar-refractivity contribution in [3.63, 3.8) is 0 Å². The van der Waals surface area contributed by atoms with Gasteiger partial charge in [0.25, 0.3) is 12.3 Å².